The van der Waals surface area contributed by atoms with E-state index in [0.717, 1.165) is 0 Å². The Morgan fingerprint density at radius 2 is 1.47 bits per heavy atom. The molecule has 0 amide bonds. The number of hydrogen-bond donors (Lipinski definition) is 0. The van der Waals surface area contributed by atoms with Gasteiger partial charge in [-0.25, -0.2) is 0 Å². The van der Waals surface area contributed by atoms with Gasteiger partial charge in [0.25, 0.3) is 0 Å². The maximum Gasteiger partial charge on any atom is 0.306 e. The molecule has 90 valence electrons. The van der Waals surface area contributed by atoms with Gasteiger partial charge in [-0.1, -0.05) is 41.5 Å². The normalized spacial score (nSPS) is 13.1. The second-order valence-corrected chi connectivity index (χ2v) is 6.29. The first kappa shape index (κ1) is 14.5. The van der Waals surface area contributed by atoms with Gasteiger partial charge in [0.2, 0.25) is 0 Å². The van der Waals surface area contributed by atoms with Gasteiger partial charge in [-0.15, -0.1) is 0 Å². The van der Waals surface area contributed by atoms with Crippen LogP contribution in [0, 0.1) is 16.7 Å². The molecule has 0 rings (SSSR count). The second-order valence-electron chi connectivity index (χ2n) is 6.29. The van der Waals surface area contributed by atoms with Crippen molar-refractivity contribution in [2.45, 2.75) is 54.9 Å². The highest BCUT2D eigenvalue weighted by Crippen LogP contribution is 2.42. The van der Waals surface area contributed by atoms with Crippen molar-refractivity contribution in [3.63, 3.8) is 0 Å². The van der Waals surface area contributed by atoms with Crippen LogP contribution in [0.3, 0.4) is 0 Å². The molecular weight excluding hydrogens is 188 g/mol. The Bertz CT molecular complexity index is 192. The second kappa shape index (κ2) is 5.00. The predicted octanol–water partition coefficient (Wildman–Crippen LogP) is 3.65. The summed E-state index contributed by atoms with van der Waals surface area (Å²) in [7, 11) is 0. The van der Waals surface area contributed by atoms with Gasteiger partial charge >= 0.3 is 5.97 Å². The Balaban J connectivity index is 4.62. The molecule has 0 aliphatic heterocycles. The molecule has 0 heterocycles. The van der Waals surface area contributed by atoms with E-state index in [9.17, 15) is 4.79 Å². The Morgan fingerprint density at radius 3 is 1.73 bits per heavy atom. The number of ether oxygens (including phenoxy) is 1. The van der Waals surface area contributed by atoms with E-state index in [1.54, 1.807) is 0 Å². The van der Waals surface area contributed by atoms with Crippen molar-refractivity contribution in [1.82, 2.24) is 0 Å². The van der Waals surface area contributed by atoms with Crippen LogP contribution in [-0.4, -0.2) is 12.6 Å². The average molecular weight is 214 g/mol. The quantitative estimate of drug-likeness (QED) is 0.670. The third-order valence-corrected chi connectivity index (χ3v) is 2.77. The van der Waals surface area contributed by atoms with Gasteiger partial charge in [0.1, 0.15) is 0 Å². The molecule has 0 spiro atoms. The minimum Gasteiger partial charge on any atom is -0.466 e. The fourth-order valence-electron chi connectivity index (χ4n) is 2.30. The minimum atomic E-state index is -0.0765. The Hall–Kier alpha value is -0.530. The van der Waals surface area contributed by atoms with E-state index in [4.69, 9.17) is 4.74 Å². The SMILES string of the molecule is CCOC(=O)CC(C(C)(C)C)C(C)(C)C. The van der Waals surface area contributed by atoms with E-state index in [1.165, 1.54) is 0 Å². The van der Waals surface area contributed by atoms with Crippen LogP contribution in [0.5, 0.6) is 0 Å². The van der Waals surface area contributed by atoms with Crippen molar-refractivity contribution in [1.29, 1.82) is 0 Å². The summed E-state index contributed by atoms with van der Waals surface area (Å²) in [5.41, 5.74) is 0.260. The summed E-state index contributed by atoms with van der Waals surface area (Å²) in [6.07, 6.45) is 0.515. The molecular formula is C13H26O2. The molecule has 0 aromatic carbocycles. The summed E-state index contributed by atoms with van der Waals surface area (Å²) in [5, 5.41) is 0. The number of carbonyl (C=O) groups is 1. The summed E-state index contributed by atoms with van der Waals surface area (Å²) in [6, 6.07) is 0. The number of esters is 1. The van der Waals surface area contributed by atoms with Crippen LogP contribution in [-0.2, 0) is 9.53 Å². The lowest BCUT2D eigenvalue weighted by molar-refractivity contribution is -0.146. The smallest absolute Gasteiger partial charge is 0.306 e. The summed E-state index contributed by atoms with van der Waals surface area (Å²) >= 11 is 0. The molecule has 0 aliphatic carbocycles. The fraction of sp³-hybridized carbons (Fsp3) is 0.923. The first-order valence-electron chi connectivity index (χ1n) is 5.74. The van der Waals surface area contributed by atoms with Crippen LogP contribution in [0.2, 0.25) is 0 Å². The zero-order valence-electron chi connectivity index (χ0n) is 11.3. The molecule has 0 bridgehead atoms. The van der Waals surface area contributed by atoms with Gasteiger partial charge in [0.05, 0.1) is 6.61 Å². The first-order valence-corrected chi connectivity index (χ1v) is 5.74. The molecule has 0 atom stereocenters. The molecule has 0 aromatic heterocycles. The maximum atomic E-state index is 11.5. The van der Waals surface area contributed by atoms with Crippen molar-refractivity contribution in [2.24, 2.45) is 16.7 Å². The molecule has 0 saturated heterocycles. The zero-order chi connectivity index (χ0) is 12.3. The van der Waals surface area contributed by atoms with Gasteiger partial charge in [-0.05, 0) is 23.7 Å². The van der Waals surface area contributed by atoms with Crippen LogP contribution in [0.25, 0.3) is 0 Å². The largest absolute Gasteiger partial charge is 0.466 e. The predicted molar refractivity (Wildman–Crippen MR) is 63.7 cm³/mol. The minimum absolute atomic E-state index is 0.0765. The van der Waals surface area contributed by atoms with Crippen molar-refractivity contribution >= 4 is 5.97 Å². The van der Waals surface area contributed by atoms with E-state index >= 15 is 0 Å². The summed E-state index contributed by atoms with van der Waals surface area (Å²) < 4.78 is 5.02. The van der Waals surface area contributed by atoms with Gasteiger partial charge in [0.15, 0.2) is 0 Å². The van der Waals surface area contributed by atoms with E-state index in [1.807, 2.05) is 6.92 Å². The molecule has 0 unspecified atom stereocenters. The molecule has 0 aromatic rings. The number of hydrogen-bond acceptors (Lipinski definition) is 2. The molecule has 0 N–H and O–H groups in total. The highest BCUT2D eigenvalue weighted by molar-refractivity contribution is 5.69. The van der Waals surface area contributed by atoms with Crippen LogP contribution in [0.1, 0.15) is 54.9 Å². The van der Waals surface area contributed by atoms with E-state index in [-0.39, 0.29) is 16.8 Å². The lowest BCUT2D eigenvalue weighted by atomic mass is 9.65. The van der Waals surface area contributed by atoms with E-state index in [0.29, 0.717) is 18.9 Å². The maximum absolute atomic E-state index is 11.5. The first-order chi connectivity index (χ1) is 6.59. The van der Waals surface area contributed by atoms with Crippen molar-refractivity contribution < 1.29 is 9.53 Å². The number of carbonyl (C=O) groups excluding carboxylic acids is 1. The van der Waals surface area contributed by atoms with Gasteiger partial charge < -0.3 is 4.74 Å². The summed E-state index contributed by atoms with van der Waals surface area (Å²) in [5.74, 6) is 0.261. The molecule has 2 heteroatoms. The van der Waals surface area contributed by atoms with Crippen LogP contribution in [0.15, 0.2) is 0 Å². The van der Waals surface area contributed by atoms with Crippen molar-refractivity contribution in [3.05, 3.63) is 0 Å². The lowest BCUT2D eigenvalue weighted by Gasteiger charge is -2.40. The van der Waals surface area contributed by atoms with E-state index < -0.39 is 0 Å². The summed E-state index contributed by atoms with van der Waals surface area (Å²) in [6.45, 7) is 15.4. The Morgan fingerprint density at radius 1 is 1.07 bits per heavy atom. The Labute approximate surface area is 94.4 Å². The van der Waals surface area contributed by atoms with Gasteiger partial charge in [-0.2, -0.15) is 0 Å². The topological polar surface area (TPSA) is 26.3 Å². The standard InChI is InChI=1S/C13H26O2/c1-8-15-11(14)9-10(12(2,3)4)13(5,6)7/h10H,8-9H2,1-7H3. The monoisotopic (exact) mass is 214 g/mol. The highest BCUT2D eigenvalue weighted by Gasteiger charge is 2.36. The fourth-order valence-corrected chi connectivity index (χ4v) is 2.30. The molecule has 0 radical (unpaired) electrons. The number of rotatable bonds is 3. The van der Waals surface area contributed by atoms with Crippen LogP contribution in [0.4, 0.5) is 0 Å². The van der Waals surface area contributed by atoms with Gasteiger partial charge in [0, 0.05) is 6.42 Å². The Kier molecular flexibility index (Phi) is 4.82. The zero-order valence-corrected chi connectivity index (χ0v) is 11.3. The van der Waals surface area contributed by atoms with Crippen molar-refractivity contribution in [2.75, 3.05) is 6.61 Å². The highest BCUT2D eigenvalue weighted by atomic mass is 16.5. The van der Waals surface area contributed by atoms with Crippen LogP contribution >= 0.6 is 0 Å². The van der Waals surface area contributed by atoms with E-state index in [2.05, 4.69) is 41.5 Å². The third kappa shape index (κ3) is 5.19. The summed E-state index contributed by atoms with van der Waals surface area (Å²) in [4.78, 5) is 11.5. The average Bonchev–Trinajstić information content (AvgIpc) is 1.96. The molecule has 2 nitrogen and oxygen atoms in total. The van der Waals surface area contributed by atoms with Crippen molar-refractivity contribution in [3.8, 4) is 0 Å². The molecule has 0 fully saturated rings. The molecule has 0 saturated carbocycles. The molecule has 15 heavy (non-hydrogen) atoms. The lowest BCUT2D eigenvalue weighted by Crippen LogP contribution is -2.34. The van der Waals surface area contributed by atoms with Crippen LogP contribution < -0.4 is 0 Å². The third-order valence-electron chi connectivity index (χ3n) is 2.77. The van der Waals surface area contributed by atoms with Gasteiger partial charge in [-0.3, -0.25) is 4.79 Å². The molecule has 0 aliphatic rings.